The zero-order valence-electron chi connectivity index (χ0n) is 13.0. The van der Waals surface area contributed by atoms with Crippen LogP contribution in [0.1, 0.15) is 52.7 Å². The van der Waals surface area contributed by atoms with Gasteiger partial charge in [0.25, 0.3) is 0 Å². The van der Waals surface area contributed by atoms with Crippen LogP contribution in [0.3, 0.4) is 0 Å². The van der Waals surface area contributed by atoms with Crippen molar-refractivity contribution < 1.29 is 17.1 Å². The van der Waals surface area contributed by atoms with Gasteiger partial charge in [0.15, 0.2) is 0 Å². The fraction of sp³-hybridized carbons (Fsp3) is 0.444. The first kappa shape index (κ1) is 18.2. The number of hydrogen-bond donors (Lipinski definition) is 0. The summed E-state index contributed by atoms with van der Waals surface area (Å²) in [5.74, 6) is 0. The van der Waals surface area contributed by atoms with Crippen molar-refractivity contribution in [1.82, 2.24) is 0 Å². The van der Waals surface area contributed by atoms with Crippen molar-refractivity contribution in [3.63, 3.8) is 0 Å². The second-order valence-electron chi connectivity index (χ2n) is 6.85. The minimum Gasteiger partial charge on any atom is -0.748 e. The van der Waals surface area contributed by atoms with Gasteiger partial charge in [-0.2, -0.15) is 17.7 Å². The predicted octanol–water partition coefficient (Wildman–Crippen LogP) is 5.40. The molecule has 1 heteroatoms. The van der Waals surface area contributed by atoms with Crippen molar-refractivity contribution >= 4 is 0 Å². The molecule has 0 nitrogen and oxygen atoms in total. The van der Waals surface area contributed by atoms with E-state index in [0.29, 0.717) is 10.8 Å². The maximum absolute atomic E-state index is 2.22. The second-order valence-corrected chi connectivity index (χ2v) is 6.85. The molecule has 0 aliphatic carbocycles. The maximum Gasteiger partial charge on any atom is 0 e. The molecule has 0 fully saturated rings. The minimum absolute atomic E-state index is 0. The first-order chi connectivity index (χ1) is 8.21. The molecule has 0 heterocycles. The molecule has 0 spiro atoms. The summed E-state index contributed by atoms with van der Waals surface area (Å²) < 4.78 is 0. The Labute approximate surface area is 129 Å². The molecule has 0 saturated carbocycles. The van der Waals surface area contributed by atoms with Crippen LogP contribution in [-0.4, -0.2) is 0 Å². The van der Waals surface area contributed by atoms with E-state index < -0.39 is 0 Å². The molecule has 0 aliphatic heterocycles. The molecule has 0 unspecified atom stereocenters. The number of hydrogen-bond acceptors (Lipinski definition) is 0. The standard InChI is InChI=1S/2C9H13.Fe/c2*1-9(2,3)8-6-4-5-7-8;/h2*4-7H,1-3H3;/q-5;-1;. The van der Waals surface area contributed by atoms with Crippen molar-refractivity contribution in [3.05, 3.63) is 59.7 Å². The van der Waals surface area contributed by atoms with E-state index in [1.807, 2.05) is 0 Å². The third-order valence-corrected chi connectivity index (χ3v) is 3.06. The maximum atomic E-state index is 2.22. The fourth-order valence-electron chi connectivity index (χ4n) is 1.75. The monoisotopic (exact) mass is 298 g/mol. The summed E-state index contributed by atoms with van der Waals surface area (Å²) in [7, 11) is 0. The van der Waals surface area contributed by atoms with E-state index >= 15 is 0 Å². The first-order valence-electron chi connectivity index (χ1n) is 6.65. The first-order valence-corrected chi connectivity index (χ1v) is 6.65. The van der Waals surface area contributed by atoms with Gasteiger partial charge in [0.1, 0.15) is 0 Å². The topological polar surface area (TPSA) is 0 Å². The molecule has 19 heavy (non-hydrogen) atoms. The van der Waals surface area contributed by atoms with Crippen molar-refractivity contribution in [2.24, 2.45) is 0 Å². The van der Waals surface area contributed by atoms with Gasteiger partial charge in [-0.25, -0.2) is 17.5 Å². The molecule has 0 amide bonds. The van der Waals surface area contributed by atoms with Gasteiger partial charge in [-0.05, 0) is 0 Å². The Hall–Kier alpha value is -0.781. The molecule has 0 atom stereocenters. The summed E-state index contributed by atoms with van der Waals surface area (Å²) in [5.41, 5.74) is 3.48. The molecule has 0 saturated heterocycles. The van der Waals surface area contributed by atoms with Gasteiger partial charge in [-0.3, -0.25) is 0 Å². The van der Waals surface area contributed by atoms with Gasteiger partial charge >= 0.3 is 0 Å². The quantitative estimate of drug-likeness (QED) is 0.451. The van der Waals surface area contributed by atoms with Crippen LogP contribution in [0.15, 0.2) is 48.5 Å². The van der Waals surface area contributed by atoms with Crippen LogP contribution in [0.25, 0.3) is 0 Å². The van der Waals surface area contributed by atoms with Gasteiger partial charge in [0, 0.05) is 17.1 Å². The van der Waals surface area contributed by atoms with Crippen molar-refractivity contribution in [1.29, 1.82) is 0 Å². The van der Waals surface area contributed by atoms with Gasteiger partial charge in [0.05, 0.1) is 0 Å². The van der Waals surface area contributed by atoms with Crippen LogP contribution in [0.5, 0.6) is 0 Å². The molecule has 0 radical (unpaired) electrons. The average Bonchev–Trinajstić information content (AvgIpc) is 2.91. The van der Waals surface area contributed by atoms with Crippen LogP contribution in [0.2, 0.25) is 0 Å². The summed E-state index contributed by atoms with van der Waals surface area (Å²) in [6, 6.07) is 17.0. The molecule has 2 aromatic rings. The molecule has 112 valence electrons. The fourth-order valence-corrected chi connectivity index (χ4v) is 1.75. The van der Waals surface area contributed by atoms with Crippen LogP contribution < -0.4 is 0 Å². The summed E-state index contributed by atoms with van der Waals surface area (Å²) in [4.78, 5) is 0. The summed E-state index contributed by atoms with van der Waals surface area (Å²) in [6.45, 7) is 13.3. The Morgan fingerprint density at radius 2 is 1.16 bits per heavy atom. The largest absolute Gasteiger partial charge is 0.748 e. The van der Waals surface area contributed by atoms with Gasteiger partial charge in [0.2, 0.25) is 0 Å². The molecule has 0 N–H and O–H groups in total. The Kier molecular flexibility index (Phi) is 6.83. The average molecular weight is 298 g/mol. The Morgan fingerprint density at radius 3 is 1.37 bits per heavy atom. The van der Waals surface area contributed by atoms with Crippen molar-refractivity contribution in [2.75, 3.05) is 0 Å². The third kappa shape index (κ3) is 6.27. The van der Waals surface area contributed by atoms with Gasteiger partial charge in [-0.15, -0.1) is 0 Å². The zero-order chi connectivity index (χ0) is 13.8. The second kappa shape index (κ2) is 7.12. The van der Waals surface area contributed by atoms with E-state index in [1.165, 1.54) is 11.1 Å². The molecular formula is C18H26Fe-6. The van der Waals surface area contributed by atoms with E-state index in [-0.39, 0.29) is 17.1 Å². The van der Waals surface area contributed by atoms with Gasteiger partial charge in [-0.1, -0.05) is 47.0 Å². The summed E-state index contributed by atoms with van der Waals surface area (Å²) >= 11 is 0. The zero-order valence-corrected chi connectivity index (χ0v) is 14.1. The molecule has 2 aromatic carbocycles. The normalized spacial score (nSPS) is 11.3. The van der Waals surface area contributed by atoms with Crippen LogP contribution in [0.4, 0.5) is 0 Å². The van der Waals surface area contributed by atoms with E-state index in [4.69, 9.17) is 0 Å². The summed E-state index contributed by atoms with van der Waals surface area (Å²) in [5, 5.41) is 0. The minimum atomic E-state index is 0. The molecular weight excluding hydrogens is 272 g/mol. The van der Waals surface area contributed by atoms with Crippen molar-refractivity contribution in [3.8, 4) is 0 Å². The number of rotatable bonds is 0. The SMILES string of the molecule is CC(C)(C)[c-]1[cH-][cH-][cH-][cH-]1.CC(C)(C)[c-]1cccc1.[Fe]. The third-order valence-electron chi connectivity index (χ3n) is 3.06. The van der Waals surface area contributed by atoms with Crippen LogP contribution >= 0.6 is 0 Å². The van der Waals surface area contributed by atoms with E-state index in [0.717, 1.165) is 0 Å². The predicted molar refractivity (Wildman–Crippen MR) is 81.5 cm³/mol. The molecule has 0 aliphatic rings. The molecule has 0 bridgehead atoms. The Balaban J connectivity index is 0.000000324. The van der Waals surface area contributed by atoms with Crippen LogP contribution in [0, 0.1) is 0 Å². The van der Waals surface area contributed by atoms with Gasteiger partial charge < -0.3 is 29.8 Å². The van der Waals surface area contributed by atoms with E-state index in [9.17, 15) is 0 Å². The Morgan fingerprint density at radius 1 is 0.737 bits per heavy atom. The summed E-state index contributed by atoms with van der Waals surface area (Å²) in [6.07, 6.45) is 0. The Bertz CT molecular complexity index is 375. The molecule has 0 aromatic heterocycles. The van der Waals surface area contributed by atoms with E-state index in [2.05, 4.69) is 90.1 Å². The van der Waals surface area contributed by atoms with E-state index in [1.54, 1.807) is 0 Å². The van der Waals surface area contributed by atoms with Crippen molar-refractivity contribution in [2.45, 2.75) is 52.4 Å². The molecule has 2 rings (SSSR count). The smallest absolute Gasteiger partial charge is 0 e. The van der Waals surface area contributed by atoms with Crippen LogP contribution in [-0.2, 0) is 27.9 Å².